The molecule has 2 heterocycles. The molecule has 138 heavy (non-hydrogen) atoms. The van der Waals surface area contributed by atoms with E-state index in [2.05, 4.69) is 93.5 Å². The number of aliphatic carboxylic acids is 2. The number of fused-ring (bicyclic) bond motifs is 6. The summed E-state index contributed by atoms with van der Waals surface area (Å²) in [5.74, 6) is -0.508. The molecule has 2 aliphatic heterocycles. The van der Waals surface area contributed by atoms with Crippen molar-refractivity contribution in [3.8, 4) is 22.3 Å². The molecular formula is C103H167N17O18. The van der Waals surface area contributed by atoms with Crippen molar-refractivity contribution in [1.82, 2.24) is 58.0 Å². The molecule has 3 saturated carbocycles. The summed E-state index contributed by atoms with van der Waals surface area (Å²) in [5, 5.41) is 46.9. The third kappa shape index (κ3) is 41.6. The van der Waals surface area contributed by atoms with Crippen LogP contribution in [0.3, 0.4) is 0 Å². The normalized spacial score (nSPS) is 20.3. The largest absolute Gasteiger partial charge is 0.481 e. The van der Waals surface area contributed by atoms with Gasteiger partial charge in [-0.2, -0.15) is 15.3 Å². The number of amides is 11. The highest BCUT2D eigenvalue weighted by molar-refractivity contribution is 5.90. The molecule has 7 atom stereocenters. The molecule has 4 aromatic carbocycles. The van der Waals surface area contributed by atoms with E-state index in [0.717, 1.165) is 120 Å². The number of rotatable bonds is 29. The Hall–Kier alpha value is -11.6. The minimum absolute atomic E-state index is 0. The van der Waals surface area contributed by atoms with Crippen LogP contribution in [0.15, 0.2) is 112 Å². The number of benzene rings is 4. The second-order valence-electron chi connectivity index (χ2n) is 35.5. The maximum absolute atomic E-state index is 13.3. The number of carbonyl (C=O) groups excluding carboxylic acids is 10. The second-order valence-corrected chi connectivity index (χ2v) is 35.5. The molecule has 11 rings (SSSR count). The Kier molecular flexibility index (Phi) is 58.0. The van der Waals surface area contributed by atoms with Crippen LogP contribution in [0.1, 0.15) is 295 Å². The fourth-order valence-electron chi connectivity index (χ4n) is 16.8. The first-order valence-corrected chi connectivity index (χ1v) is 49.4. The number of alkyl carbamates (subject to hydrolysis) is 2. The van der Waals surface area contributed by atoms with E-state index >= 15 is 0 Å². The van der Waals surface area contributed by atoms with E-state index in [1.807, 2.05) is 163 Å². The summed E-state index contributed by atoms with van der Waals surface area (Å²) >= 11 is 0. The molecule has 7 aliphatic rings. The first-order valence-electron chi connectivity index (χ1n) is 49.4. The molecule has 5 aliphatic carbocycles. The van der Waals surface area contributed by atoms with Crippen molar-refractivity contribution in [2.45, 2.75) is 326 Å². The minimum Gasteiger partial charge on any atom is -0.481 e. The Labute approximate surface area is 820 Å². The molecule has 0 bridgehead atoms. The van der Waals surface area contributed by atoms with E-state index in [1.165, 1.54) is 30.6 Å². The number of ketones is 2. The Morgan fingerprint density at radius 2 is 0.775 bits per heavy atom. The summed E-state index contributed by atoms with van der Waals surface area (Å²) in [6.07, 6.45) is 15.9. The van der Waals surface area contributed by atoms with E-state index in [0.29, 0.717) is 88.0 Å². The Morgan fingerprint density at radius 1 is 0.442 bits per heavy atom. The zero-order valence-corrected chi connectivity index (χ0v) is 84.9. The third-order valence-electron chi connectivity index (χ3n) is 23.9. The smallest absolute Gasteiger partial charge is 0.410 e. The minimum atomic E-state index is -1.14. The molecule has 5 fully saturated rings. The number of likely N-dealkylation sites (tertiary alicyclic amines) is 2. The lowest BCUT2D eigenvalue weighted by Gasteiger charge is -2.27. The van der Waals surface area contributed by atoms with Gasteiger partial charge >= 0.3 is 54.4 Å². The van der Waals surface area contributed by atoms with Gasteiger partial charge < -0.3 is 78.3 Å². The molecule has 35 nitrogen and oxygen atoms in total. The quantitative estimate of drug-likeness (QED) is 0.0136. The maximum atomic E-state index is 13.3. The molecule has 11 amide bonds. The van der Waals surface area contributed by atoms with Crippen LogP contribution >= 0.6 is 0 Å². The molecule has 35 heteroatoms. The van der Waals surface area contributed by atoms with Crippen LogP contribution in [-0.4, -0.2) is 217 Å². The van der Waals surface area contributed by atoms with Gasteiger partial charge in [0.05, 0.1) is 24.0 Å². The number of carboxylic acids is 2. The number of nitrogens with zero attached hydrogens (tertiary/aromatic N) is 5. The predicted molar refractivity (Wildman–Crippen MR) is 545 cm³/mol. The molecule has 17 N–H and O–H groups in total. The van der Waals surface area contributed by atoms with Crippen molar-refractivity contribution in [2.75, 3.05) is 53.0 Å². The number of nitrogens with one attached hydrogen (secondary N) is 9. The van der Waals surface area contributed by atoms with Crippen LogP contribution in [0.5, 0.6) is 0 Å². The van der Waals surface area contributed by atoms with Gasteiger partial charge in [-0.15, -0.1) is 0 Å². The van der Waals surface area contributed by atoms with Crippen LogP contribution in [0.4, 0.5) is 33.6 Å². The van der Waals surface area contributed by atoms with Crippen molar-refractivity contribution in [1.29, 1.82) is 0 Å². The SMILES string of the molecule is C.CC.CC.CC.CC.CC(C)(C)OC(=O)N[C@@H]1C[C@@H](C(=O)O)N(C(=O)OCC2c3ccccc3-c3ccccc32)C1.CCC(=O)C1CCC(CNC(=O)N/N=C/[C@@H](N)CC)CC1.CCC(=O)C1CCC(CNC(=O)N/N=C/[C@H](CC)NC(=O)[C@@H]2C[C@@H](N)CN2C(=O)OCC2c3ccccc3-c3ccccc32)CC1.CC[C@@H](/C=N/NC(=O)NCC1CCC(C(=O)O)CC1)NC(=O)OC(C)(C)C.CN. The number of carboxylic acid groups (broad SMARTS) is 2. The van der Waals surface area contributed by atoms with Gasteiger partial charge in [-0.1, -0.05) is 194 Å². The molecule has 0 radical (unpaired) electrons. The summed E-state index contributed by atoms with van der Waals surface area (Å²) < 4.78 is 21.9. The average molecular weight is 1930 g/mol. The highest BCUT2D eigenvalue weighted by atomic mass is 16.6. The number of hydrogen-bond donors (Lipinski definition) is 14. The molecule has 772 valence electrons. The topological polar surface area (TPSA) is 512 Å². The predicted octanol–water partition coefficient (Wildman–Crippen LogP) is 16.9. The summed E-state index contributed by atoms with van der Waals surface area (Å²) in [5.41, 5.74) is 31.2. The third-order valence-corrected chi connectivity index (χ3v) is 23.9. The molecule has 0 unspecified atom stereocenters. The second kappa shape index (κ2) is 65.3. The van der Waals surface area contributed by atoms with E-state index in [-0.39, 0.29) is 106 Å². The standard InChI is InChI=1S/C35H46N6O5.C25H28N2O6.C18H32N4O5.C15H28N4O2.4C2H6.CH5N.CH4/c1-3-25(19-38-40-34(44)37-18-22-13-15-23(16-14-22)32(42)4-2)39-33(43)31-17-24(36)20-41(31)35(45)46-21-30-28-11-7-5-9-26(28)27-10-6-8-12-29(27)30;1-25(2,3)33-23(30)26-15-12-21(22(28)29)27(13-15)24(31)32-14-20-18-10-6-4-8-16(18)17-9-5-7-11-19(17)20;1-5-14(21-17(26)27-18(2,3)4)11-20-22-16(25)19-10-12-6-8-13(9-7-12)15(23)24;1-3-13(16)10-18-19-15(21)17-9-11-5-7-12(8-6-11)14(20)4-2;5*1-2;/h5-12,19,22-25,30-31H,3-4,13-18,20-21,36H2,1-2H3,(H,39,43)(H2,37,40,44);4-11,15,20-21H,12-14H2,1-3H3,(H,26,30)(H,28,29);11-14H,5-10H2,1-4H3,(H,21,26)(H,23,24)(H2,19,22,25);10-13H,3-9,16H2,1-2H3,(H2,17,19,21);4*1-2H3;2H2,1H3;1H4/b38-19+;;20-11+;18-10+;;;;;;/t22?,23?,24-,25+,31+;15-,21+;12?,13?,14-;11?,12?,13-;;;;;;/m1100....../s1. The van der Waals surface area contributed by atoms with E-state index in [1.54, 1.807) is 41.5 Å². The number of nitrogens with two attached hydrogens (primary N) is 3. The Balaban J connectivity index is 0.000000624. The maximum Gasteiger partial charge on any atom is 0.410 e. The Bertz CT molecular complexity index is 4370. The average Bonchev–Trinajstić information content (AvgIpc) is 1.62. The van der Waals surface area contributed by atoms with Crippen molar-refractivity contribution in [3.63, 3.8) is 0 Å². The number of ether oxygens (including phenoxy) is 4. The number of carbonyl (C=O) groups is 12. The fraction of sp³-hybridized carbons (Fsp3) is 0.621. The monoisotopic (exact) mass is 1930 g/mol. The van der Waals surface area contributed by atoms with Crippen LogP contribution in [0.2, 0.25) is 0 Å². The highest BCUT2D eigenvalue weighted by Crippen LogP contribution is 2.46. The number of hydrogen-bond acceptors (Lipinski definition) is 22. The van der Waals surface area contributed by atoms with E-state index < -0.39 is 83.7 Å². The van der Waals surface area contributed by atoms with Crippen molar-refractivity contribution in [2.24, 2.45) is 68.0 Å². The molecule has 4 aromatic rings. The Morgan fingerprint density at radius 3 is 1.11 bits per heavy atom. The molecule has 0 spiro atoms. The van der Waals surface area contributed by atoms with Crippen LogP contribution in [0, 0.1) is 35.5 Å². The van der Waals surface area contributed by atoms with E-state index in [9.17, 15) is 62.6 Å². The lowest BCUT2D eigenvalue weighted by molar-refractivity contribution is -0.143. The summed E-state index contributed by atoms with van der Waals surface area (Å²) in [7, 11) is 1.50. The van der Waals surface area contributed by atoms with Gasteiger partial charge in [0, 0.05) is 106 Å². The fourth-order valence-corrected chi connectivity index (χ4v) is 16.8. The van der Waals surface area contributed by atoms with Crippen LogP contribution in [-0.2, 0) is 42.9 Å². The van der Waals surface area contributed by atoms with Crippen LogP contribution in [0.25, 0.3) is 22.3 Å². The van der Waals surface area contributed by atoms with Crippen molar-refractivity contribution in [3.05, 3.63) is 119 Å². The van der Waals surface area contributed by atoms with Gasteiger partial charge in [0.25, 0.3) is 0 Å². The summed E-state index contributed by atoms with van der Waals surface area (Å²) in [6.45, 7) is 38.3. The van der Waals surface area contributed by atoms with Gasteiger partial charge in [0.2, 0.25) is 5.91 Å². The summed E-state index contributed by atoms with van der Waals surface area (Å²) in [4.78, 5) is 148. The van der Waals surface area contributed by atoms with Crippen molar-refractivity contribution < 1.29 is 86.7 Å². The highest BCUT2D eigenvalue weighted by Gasteiger charge is 2.44. The lowest BCUT2D eigenvalue weighted by atomic mass is 9.79. The van der Waals surface area contributed by atoms with Crippen LogP contribution < -0.4 is 65.4 Å². The van der Waals surface area contributed by atoms with Gasteiger partial charge in [-0.25, -0.2) is 54.6 Å². The summed E-state index contributed by atoms with van der Waals surface area (Å²) in [6, 6.07) is 27.4. The lowest BCUT2D eigenvalue weighted by Crippen LogP contribution is -2.49. The zero-order valence-electron chi connectivity index (χ0n) is 84.9. The molecular weight excluding hydrogens is 1760 g/mol. The molecule has 2 saturated heterocycles. The van der Waals surface area contributed by atoms with Gasteiger partial charge in [-0.05, 0) is 214 Å². The first kappa shape index (κ1) is 122. The van der Waals surface area contributed by atoms with Gasteiger partial charge in [0.15, 0.2) is 0 Å². The van der Waals surface area contributed by atoms with Gasteiger partial charge in [0.1, 0.15) is 48.1 Å². The first-order chi connectivity index (χ1) is 65.6. The number of urea groups is 3. The van der Waals surface area contributed by atoms with E-state index in [4.69, 9.17) is 35.5 Å². The number of hydrazone groups is 3. The zero-order chi connectivity index (χ0) is 102. The van der Waals surface area contributed by atoms with Gasteiger partial charge in [-0.3, -0.25) is 29.0 Å². The number of Topliss-reactive ketones (excluding diaryl/α,β-unsaturated/α-hetero) is 2. The molecule has 0 aromatic heterocycles. The van der Waals surface area contributed by atoms with Crippen molar-refractivity contribution >= 4 is 90.5 Å².